The summed E-state index contributed by atoms with van der Waals surface area (Å²) in [7, 11) is 1.65. The molecule has 1 aromatic carbocycles. The van der Waals surface area contributed by atoms with Gasteiger partial charge in [-0.05, 0) is 31.0 Å². The molecular formula is C16H18N2O2. The van der Waals surface area contributed by atoms with E-state index < -0.39 is 0 Å². The van der Waals surface area contributed by atoms with Crippen LogP contribution in [-0.4, -0.2) is 18.1 Å². The molecule has 1 aliphatic carbocycles. The zero-order chi connectivity index (χ0) is 13.8. The third kappa shape index (κ3) is 3.27. The largest absolute Gasteiger partial charge is 0.497 e. The average molecular weight is 270 g/mol. The summed E-state index contributed by atoms with van der Waals surface area (Å²) in [4.78, 5) is 4.14. The Kier molecular flexibility index (Phi) is 3.83. The molecule has 20 heavy (non-hydrogen) atoms. The third-order valence-electron chi connectivity index (χ3n) is 3.30. The zero-order valence-electron chi connectivity index (χ0n) is 11.5. The molecule has 2 aromatic rings. The summed E-state index contributed by atoms with van der Waals surface area (Å²) >= 11 is 0. The van der Waals surface area contributed by atoms with E-state index in [1.54, 1.807) is 19.5 Å². The van der Waals surface area contributed by atoms with Gasteiger partial charge in [0.15, 0.2) is 0 Å². The lowest BCUT2D eigenvalue weighted by Crippen LogP contribution is -2.15. The van der Waals surface area contributed by atoms with E-state index in [9.17, 15) is 0 Å². The topological polar surface area (TPSA) is 43.4 Å². The molecule has 3 rings (SSSR count). The molecule has 1 aliphatic rings. The lowest BCUT2D eigenvalue weighted by atomic mass is 10.2. The lowest BCUT2D eigenvalue weighted by molar-refractivity contribution is 0.408. The molecule has 4 nitrogen and oxygen atoms in total. The van der Waals surface area contributed by atoms with Gasteiger partial charge in [0, 0.05) is 30.4 Å². The van der Waals surface area contributed by atoms with Crippen molar-refractivity contribution in [2.75, 3.05) is 7.11 Å². The number of rotatable bonds is 6. The van der Waals surface area contributed by atoms with Gasteiger partial charge in [-0.15, -0.1) is 0 Å². The predicted octanol–water partition coefficient (Wildman–Crippen LogP) is 3.13. The minimum Gasteiger partial charge on any atom is -0.497 e. The van der Waals surface area contributed by atoms with Crippen LogP contribution in [0.2, 0.25) is 0 Å². The van der Waals surface area contributed by atoms with E-state index in [1.165, 1.54) is 12.8 Å². The van der Waals surface area contributed by atoms with Crippen molar-refractivity contribution in [1.82, 2.24) is 10.3 Å². The number of hydrogen-bond acceptors (Lipinski definition) is 4. The highest BCUT2D eigenvalue weighted by molar-refractivity contribution is 5.39. The van der Waals surface area contributed by atoms with Gasteiger partial charge in [0.25, 0.3) is 0 Å². The summed E-state index contributed by atoms with van der Waals surface area (Å²) < 4.78 is 11.1. The van der Waals surface area contributed by atoms with Gasteiger partial charge in [0.05, 0.1) is 13.3 Å². The van der Waals surface area contributed by atoms with Crippen LogP contribution in [0, 0.1) is 0 Å². The quantitative estimate of drug-likeness (QED) is 0.875. The van der Waals surface area contributed by atoms with E-state index in [1.807, 2.05) is 30.3 Å². The molecule has 0 spiro atoms. The second-order valence-electron chi connectivity index (χ2n) is 4.92. The summed E-state index contributed by atoms with van der Waals surface area (Å²) in [5, 5.41) is 3.49. The number of hydrogen-bond donors (Lipinski definition) is 1. The van der Waals surface area contributed by atoms with E-state index in [4.69, 9.17) is 9.47 Å². The van der Waals surface area contributed by atoms with E-state index in [0.29, 0.717) is 6.04 Å². The van der Waals surface area contributed by atoms with Crippen molar-refractivity contribution in [1.29, 1.82) is 0 Å². The van der Waals surface area contributed by atoms with Crippen LogP contribution in [0.4, 0.5) is 0 Å². The highest BCUT2D eigenvalue weighted by atomic mass is 16.5. The number of pyridine rings is 1. The van der Waals surface area contributed by atoms with Gasteiger partial charge in [-0.3, -0.25) is 4.98 Å². The Morgan fingerprint density at radius 2 is 2.10 bits per heavy atom. The maximum atomic E-state index is 5.92. The molecule has 0 radical (unpaired) electrons. The van der Waals surface area contributed by atoms with E-state index in [-0.39, 0.29) is 0 Å². The predicted molar refractivity (Wildman–Crippen MR) is 77.2 cm³/mol. The Hall–Kier alpha value is -2.07. The Morgan fingerprint density at radius 1 is 1.25 bits per heavy atom. The van der Waals surface area contributed by atoms with Gasteiger partial charge >= 0.3 is 0 Å². The molecule has 4 heteroatoms. The first-order valence-electron chi connectivity index (χ1n) is 6.83. The van der Waals surface area contributed by atoms with Crippen molar-refractivity contribution in [3.05, 3.63) is 48.3 Å². The molecular weight excluding hydrogens is 252 g/mol. The number of aromatic nitrogens is 1. The molecule has 104 valence electrons. The number of nitrogens with zero attached hydrogens (tertiary/aromatic N) is 1. The third-order valence-corrected chi connectivity index (χ3v) is 3.30. The number of ether oxygens (including phenoxy) is 2. The summed E-state index contributed by atoms with van der Waals surface area (Å²) in [5.41, 5.74) is 1.12. The zero-order valence-corrected chi connectivity index (χ0v) is 11.5. The standard InChI is InChI=1S/C16H18N2O2/c1-19-14-3-2-4-15(9-14)20-16-11-17-8-7-12(16)10-18-13-5-6-13/h2-4,7-9,11,13,18H,5-6,10H2,1H3. The number of methoxy groups -OCH3 is 1. The van der Waals surface area contributed by atoms with E-state index in [0.717, 1.165) is 29.4 Å². The molecule has 1 fully saturated rings. The van der Waals surface area contributed by atoms with Crippen molar-refractivity contribution in [2.24, 2.45) is 0 Å². The second kappa shape index (κ2) is 5.92. The van der Waals surface area contributed by atoms with Crippen LogP contribution in [0.3, 0.4) is 0 Å². The van der Waals surface area contributed by atoms with Gasteiger partial charge in [0.2, 0.25) is 0 Å². The van der Waals surface area contributed by atoms with E-state index >= 15 is 0 Å². The molecule has 0 amide bonds. The second-order valence-corrected chi connectivity index (χ2v) is 4.92. The molecule has 0 bridgehead atoms. The number of benzene rings is 1. The van der Waals surface area contributed by atoms with Gasteiger partial charge in [-0.25, -0.2) is 0 Å². The van der Waals surface area contributed by atoms with Crippen LogP contribution >= 0.6 is 0 Å². The van der Waals surface area contributed by atoms with Crippen molar-refractivity contribution in [3.8, 4) is 17.2 Å². The Balaban J connectivity index is 1.74. The summed E-state index contributed by atoms with van der Waals surface area (Å²) in [6, 6.07) is 10.2. The molecule has 0 unspecified atom stereocenters. The van der Waals surface area contributed by atoms with Gasteiger partial charge in [-0.2, -0.15) is 0 Å². The first kappa shape index (κ1) is 12.9. The highest BCUT2D eigenvalue weighted by Gasteiger charge is 2.20. The molecule has 1 saturated carbocycles. The monoisotopic (exact) mass is 270 g/mol. The molecule has 1 N–H and O–H groups in total. The first-order valence-corrected chi connectivity index (χ1v) is 6.83. The molecule has 0 saturated heterocycles. The summed E-state index contributed by atoms with van der Waals surface area (Å²) in [6.45, 7) is 0.812. The fraction of sp³-hybridized carbons (Fsp3) is 0.312. The summed E-state index contributed by atoms with van der Waals surface area (Å²) in [6.07, 6.45) is 6.10. The van der Waals surface area contributed by atoms with Crippen molar-refractivity contribution >= 4 is 0 Å². The Labute approximate surface area is 118 Å². The molecule has 0 atom stereocenters. The number of nitrogens with one attached hydrogen (secondary N) is 1. The van der Waals surface area contributed by atoms with Crippen LogP contribution in [0.25, 0.3) is 0 Å². The van der Waals surface area contributed by atoms with Crippen molar-refractivity contribution in [2.45, 2.75) is 25.4 Å². The van der Waals surface area contributed by atoms with Crippen molar-refractivity contribution < 1.29 is 9.47 Å². The molecule has 1 aromatic heterocycles. The van der Waals surface area contributed by atoms with Crippen molar-refractivity contribution in [3.63, 3.8) is 0 Å². The van der Waals surface area contributed by atoms with Crippen LogP contribution in [0.15, 0.2) is 42.7 Å². The normalized spacial score (nSPS) is 14.1. The van der Waals surface area contributed by atoms with E-state index in [2.05, 4.69) is 10.3 Å². The fourth-order valence-corrected chi connectivity index (χ4v) is 1.98. The van der Waals surface area contributed by atoms with Crippen LogP contribution < -0.4 is 14.8 Å². The molecule has 0 aliphatic heterocycles. The highest BCUT2D eigenvalue weighted by Crippen LogP contribution is 2.28. The maximum absolute atomic E-state index is 5.92. The van der Waals surface area contributed by atoms with Crippen LogP contribution in [0.1, 0.15) is 18.4 Å². The summed E-state index contributed by atoms with van der Waals surface area (Å²) in [5.74, 6) is 2.32. The Morgan fingerprint density at radius 3 is 2.90 bits per heavy atom. The SMILES string of the molecule is COc1cccc(Oc2cnccc2CNC2CC2)c1. The average Bonchev–Trinajstić information content (AvgIpc) is 3.31. The Bertz CT molecular complexity index is 582. The van der Waals surface area contributed by atoms with Gasteiger partial charge in [0.1, 0.15) is 17.2 Å². The van der Waals surface area contributed by atoms with Gasteiger partial charge < -0.3 is 14.8 Å². The maximum Gasteiger partial charge on any atom is 0.150 e. The molecule has 1 heterocycles. The lowest BCUT2D eigenvalue weighted by Gasteiger charge is -2.11. The first-order chi connectivity index (χ1) is 9.85. The van der Waals surface area contributed by atoms with Gasteiger partial charge in [-0.1, -0.05) is 6.07 Å². The van der Waals surface area contributed by atoms with Crippen LogP contribution in [0.5, 0.6) is 17.2 Å². The minimum atomic E-state index is 0.674. The minimum absolute atomic E-state index is 0.674. The smallest absolute Gasteiger partial charge is 0.150 e. The fourth-order valence-electron chi connectivity index (χ4n) is 1.98. The van der Waals surface area contributed by atoms with Crippen LogP contribution in [-0.2, 0) is 6.54 Å².